The number of allylic oxidation sites excluding steroid dienone is 3. The molecular formula is C23H27F3N6O3. The summed E-state index contributed by atoms with van der Waals surface area (Å²) in [6.45, 7) is 7.49. The zero-order valence-corrected chi connectivity index (χ0v) is 19.7. The molecule has 9 nitrogen and oxygen atoms in total. The summed E-state index contributed by atoms with van der Waals surface area (Å²) >= 11 is 0. The van der Waals surface area contributed by atoms with Gasteiger partial charge in [0.25, 0.3) is 0 Å². The number of aromatic nitrogens is 3. The molecule has 2 amide bonds. The van der Waals surface area contributed by atoms with Crippen molar-refractivity contribution in [2.75, 3.05) is 18.5 Å². The number of carbonyl (C=O) groups excluding carboxylic acids is 2. The van der Waals surface area contributed by atoms with Gasteiger partial charge in [-0.1, -0.05) is 11.6 Å². The van der Waals surface area contributed by atoms with Crippen molar-refractivity contribution >= 4 is 35.3 Å². The summed E-state index contributed by atoms with van der Waals surface area (Å²) in [7, 11) is 0. The van der Waals surface area contributed by atoms with Crippen molar-refractivity contribution in [3.05, 3.63) is 41.6 Å². The number of ether oxygens (including phenoxy) is 1. The lowest BCUT2D eigenvalue weighted by molar-refractivity contribution is -0.165. The van der Waals surface area contributed by atoms with Gasteiger partial charge in [-0.05, 0) is 39.5 Å². The van der Waals surface area contributed by atoms with Crippen LogP contribution in [0.2, 0.25) is 0 Å². The van der Waals surface area contributed by atoms with Crippen molar-refractivity contribution in [1.29, 1.82) is 0 Å². The number of hydrogen-bond acceptors (Lipinski definition) is 6. The lowest BCUT2D eigenvalue weighted by Crippen LogP contribution is -2.42. The monoisotopic (exact) mass is 492 g/mol. The third-order valence-electron chi connectivity index (χ3n) is 5.41. The third-order valence-corrected chi connectivity index (χ3v) is 5.41. The Kier molecular flexibility index (Phi) is 7.92. The normalized spacial score (nSPS) is 17.4. The molecule has 2 aromatic heterocycles. The van der Waals surface area contributed by atoms with E-state index in [4.69, 9.17) is 4.74 Å². The first-order valence-corrected chi connectivity index (χ1v) is 10.9. The second kappa shape index (κ2) is 10.7. The fraction of sp³-hybridized carbons (Fsp3) is 0.435. The zero-order valence-electron chi connectivity index (χ0n) is 19.7. The molecule has 1 atom stereocenters. The largest absolute Gasteiger partial charge is 0.468 e. The van der Waals surface area contributed by atoms with Crippen molar-refractivity contribution in [2.24, 2.45) is 4.99 Å². The van der Waals surface area contributed by atoms with Crippen LogP contribution in [-0.4, -0.2) is 63.6 Å². The number of pyridine rings is 1. The van der Waals surface area contributed by atoms with Gasteiger partial charge in [0.1, 0.15) is 11.9 Å². The van der Waals surface area contributed by atoms with Crippen LogP contribution in [0.25, 0.3) is 10.9 Å². The van der Waals surface area contributed by atoms with Crippen molar-refractivity contribution in [3.8, 4) is 0 Å². The Hall–Kier alpha value is -3.70. The molecular weight excluding hydrogens is 465 g/mol. The molecule has 0 spiro atoms. The van der Waals surface area contributed by atoms with Crippen LogP contribution in [0.5, 0.6) is 0 Å². The van der Waals surface area contributed by atoms with Crippen LogP contribution in [-0.2, 0) is 20.9 Å². The molecule has 2 aromatic rings. The van der Waals surface area contributed by atoms with Gasteiger partial charge in [-0.2, -0.15) is 18.3 Å². The molecule has 0 unspecified atom stereocenters. The molecule has 0 saturated carbocycles. The summed E-state index contributed by atoms with van der Waals surface area (Å²) in [6.07, 6.45) is 1.77. The predicted molar refractivity (Wildman–Crippen MR) is 125 cm³/mol. The number of amides is 2. The maximum Gasteiger partial charge on any atom is 0.422 e. The number of aliphatic imine (C=N–C) groups is 1. The number of hydrogen-bond donors (Lipinski definition) is 1. The predicted octanol–water partition coefficient (Wildman–Crippen LogP) is 3.84. The molecule has 12 heteroatoms. The van der Waals surface area contributed by atoms with Gasteiger partial charge in [0.15, 0.2) is 6.61 Å². The summed E-state index contributed by atoms with van der Waals surface area (Å²) in [6, 6.07) is 1.17. The van der Waals surface area contributed by atoms with Gasteiger partial charge < -0.3 is 15.0 Å². The Bertz CT molecular complexity index is 1180. The molecule has 3 heterocycles. The average Bonchev–Trinajstić information content (AvgIpc) is 3.40. The molecule has 1 N–H and O–H groups in total. The molecule has 1 saturated heterocycles. The van der Waals surface area contributed by atoms with Gasteiger partial charge in [-0.25, -0.2) is 9.98 Å². The van der Waals surface area contributed by atoms with Gasteiger partial charge in [0.2, 0.25) is 17.7 Å². The highest BCUT2D eigenvalue weighted by molar-refractivity contribution is 6.02. The van der Waals surface area contributed by atoms with E-state index in [9.17, 15) is 22.8 Å². The summed E-state index contributed by atoms with van der Waals surface area (Å²) in [5.41, 5.74) is 1.76. The average molecular weight is 493 g/mol. The summed E-state index contributed by atoms with van der Waals surface area (Å²) in [5.74, 6) is -0.309. The number of carbonyl (C=O) groups is 2. The molecule has 0 aliphatic carbocycles. The molecule has 0 bridgehead atoms. The van der Waals surface area contributed by atoms with Crippen LogP contribution < -0.4 is 5.32 Å². The number of anilines is 1. The second-order valence-corrected chi connectivity index (χ2v) is 8.32. The number of alkyl halides is 3. The molecule has 1 aliphatic rings. The van der Waals surface area contributed by atoms with Gasteiger partial charge in [0.05, 0.1) is 17.4 Å². The van der Waals surface area contributed by atoms with E-state index in [-0.39, 0.29) is 17.7 Å². The number of rotatable bonds is 8. The zero-order chi connectivity index (χ0) is 25.8. The van der Waals surface area contributed by atoms with Crippen molar-refractivity contribution in [1.82, 2.24) is 19.7 Å². The highest BCUT2D eigenvalue weighted by Gasteiger charge is 2.33. The topological polar surface area (TPSA) is 102 Å². The Balaban J connectivity index is 1.76. The first-order chi connectivity index (χ1) is 16.5. The SMILES string of the molecule is C=N/C(OCC(F)(F)F)=C(C)\C=C(/C)Cn1cc2c(NC(=O)[C@@H]3CCCN3C(C)=O)nccc2n1. The van der Waals surface area contributed by atoms with Gasteiger partial charge in [0, 0.05) is 31.4 Å². The van der Waals surface area contributed by atoms with Crippen LogP contribution in [0.3, 0.4) is 0 Å². The standard InChI is InChI=1S/C23H27F3N6O3/c1-14(10-15(2)22(27-4)35-13-23(24,25)26)11-31-12-17-18(30-31)7-8-28-20(17)29-21(34)19-6-5-9-32(19)16(3)33/h7-8,10,12,19H,4-6,9,11,13H2,1-3H3,(H,28,29,34)/b14-10+,22-15+/t19-/m0/s1. The van der Waals surface area contributed by atoms with E-state index in [0.29, 0.717) is 41.8 Å². The quantitative estimate of drug-likeness (QED) is 0.343. The number of nitrogens with zero attached hydrogens (tertiary/aromatic N) is 5. The van der Waals surface area contributed by atoms with E-state index in [0.717, 1.165) is 12.0 Å². The molecule has 0 radical (unpaired) electrons. The lowest BCUT2D eigenvalue weighted by atomic mass is 10.2. The van der Waals surface area contributed by atoms with E-state index in [1.165, 1.54) is 13.1 Å². The maximum atomic E-state index is 12.8. The van der Waals surface area contributed by atoms with Gasteiger partial charge in [-0.3, -0.25) is 14.3 Å². The molecule has 1 aliphatic heterocycles. The Labute approximate surface area is 200 Å². The summed E-state index contributed by atoms with van der Waals surface area (Å²) < 4.78 is 43.7. The Morgan fingerprint density at radius 3 is 2.74 bits per heavy atom. The van der Waals surface area contributed by atoms with E-state index in [2.05, 4.69) is 27.1 Å². The molecule has 0 aromatic carbocycles. The van der Waals surface area contributed by atoms with Gasteiger partial charge in [-0.15, -0.1) is 0 Å². The minimum atomic E-state index is -4.48. The van der Waals surface area contributed by atoms with Crippen LogP contribution in [0.15, 0.2) is 46.6 Å². The number of likely N-dealkylation sites (tertiary alicyclic amines) is 1. The van der Waals surface area contributed by atoms with E-state index < -0.39 is 18.8 Å². The summed E-state index contributed by atoms with van der Waals surface area (Å²) in [5, 5.41) is 7.92. The first kappa shape index (κ1) is 25.9. The van der Waals surface area contributed by atoms with Crippen LogP contribution in [0, 0.1) is 0 Å². The number of halogens is 3. The highest BCUT2D eigenvalue weighted by atomic mass is 19.4. The third kappa shape index (κ3) is 6.67. The van der Waals surface area contributed by atoms with Crippen LogP contribution in [0.4, 0.5) is 19.0 Å². The van der Waals surface area contributed by atoms with Crippen LogP contribution >= 0.6 is 0 Å². The Morgan fingerprint density at radius 1 is 1.34 bits per heavy atom. The van der Waals surface area contributed by atoms with Crippen molar-refractivity contribution < 1.29 is 27.5 Å². The number of fused-ring (bicyclic) bond motifs is 1. The molecule has 35 heavy (non-hydrogen) atoms. The van der Waals surface area contributed by atoms with Crippen molar-refractivity contribution in [3.63, 3.8) is 0 Å². The Morgan fingerprint density at radius 2 is 2.09 bits per heavy atom. The van der Waals surface area contributed by atoms with E-state index >= 15 is 0 Å². The van der Waals surface area contributed by atoms with E-state index in [1.807, 2.05) is 0 Å². The minimum absolute atomic E-state index is 0.146. The molecule has 188 valence electrons. The molecule has 1 fully saturated rings. The highest BCUT2D eigenvalue weighted by Crippen LogP contribution is 2.24. The molecule has 3 rings (SSSR count). The van der Waals surface area contributed by atoms with E-state index in [1.54, 1.807) is 41.8 Å². The fourth-order valence-electron chi connectivity index (χ4n) is 3.96. The smallest absolute Gasteiger partial charge is 0.422 e. The number of nitrogens with one attached hydrogen (secondary N) is 1. The first-order valence-electron chi connectivity index (χ1n) is 10.9. The maximum absolute atomic E-state index is 12.8. The fourth-order valence-corrected chi connectivity index (χ4v) is 3.96. The van der Waals surface area contributed by atoms with Gasteiger partial charge >= 0.3 is 6.18 Å². The van der Waals surface area contributed by atoms with Crippen LogP contribution in [0.1, 0.15) is 33.6 Å². The summed E-state index contributed by atoms with van der Waals surface area (Å²) in [4.78, 5) is 34.0. The minimum Gasteiger partial charge on any atom is -0.468 e. The second-order valence-electron chi connectivity index (χ2n) is 8.32. The lowest BCUT2D eigenvalue weighted by Gasteiger charge is -2.22. The van der Waals surface area contributed by atoms with Crippen molar-refractivity contribution in [2.45, 2.75) is 52.4 Å².